The summed E-state index contributed by atoms with van der Waals surface area (Å²) in [4.78, 5) is 7.96. The summed E-state index contributed by atoms with van der Waals surface area (Å²) in [5.41, 5.74) is 7.17. The molecule has 0 amide bonds. The van der Waals surface area contributed by atoms with E-state index >= 15 is 0 Å². The molecule has 1 unspecified atom stereocenters. The molecule has 0 aliphatic heterocycles. The number of hydrogen-bond donors (Lipinski definition) is 3. The molecule has 0 heterocycles. The highest BCUT2D eigenvalue weighted by atomic mass is 31.1. The molecule has 0 saturated carbocycles. The van der Waals surface area contributed by atoms with Gasteiger partial charge in [-0.1, -0.05) is 0 Å². The first-order valence-corrected chi connectivity index (χ1v) is 3.16. The normalized spacial score (nSPS) is 11.5. The van der Waals surface area contributed by atoms with E-state index in [0.717, 1.165) is 0 Å². The molecule has 0 aromatic rings. The van der Waals surface area contributed by atoms with E-state index in [1.807, 2.05) is 0 Å². The Hall–Kier alpha value is -0.0600. The van der Waals surface area contributed by atoms with Crippen LogP contribution in [0.3, 0.4) is 0 Å². The van der Waals surface area contributed by atoms with Gasteiger partial charge in [-0.15, -0.1) is 10.4 Å². The van der Waals surface area contributed by atoms with Crippen LogP contribution in [0.4, 0.5) is 0 Å². The molecule has 0 aliphatic carbocycles. The zero-order valence-electron chi connectivity index (χ0n) is 4.20. The monoisotopic (exact) mass is 139 g/mol. The Kier molecular flexibility index (Phi) is 5.05. The summed E-state index contributed by atoms with van der Waals surface area (Å²) in [7, 11) is -2.53. The zero-order chi connectivity index (χ0) is 6.41. The molecule has 0 aliphatic rings. The highest BCUT2D eigenvalue weighted by Crippen LogP contribution is 2.09. The Morgan fingerprint density at radius 3 is 2.88 bits per heavy atom. The van der Waals surface area contributed by atoms with E-state index in [-0.39, 0.29) is 0 Å². The lowest BCUT2D eigenvalue weighted by atomic mass is 10.7. The largest absolute Gasteiger partial charge is 0.713 e. The minimum absolute atomic E-state index is 0.377. The van der Waals surface area contributed by atoms with E-state index in [1.165, 1.54) is 0 Å². The van der Waals surface area contributed by atoms with Gasteiger partial charge in [0, 0.05) is 17.7 Å². The van der Waals surface area contributed by atoms with Crippen molar-refractivity contribution in [3.63, 3.8) is 0 Å². The van der Waals surface area contributed by atoms with Gasteiger partial charge >= 0.3 is 8.25 Å². The first kappa shape index (κ1) is 7.94. The zero-order valence-corrected chi connectivity index (χ0v) is 5.10. The topological polar surface area (TPSA) is 84.6 Å². The van der Waals surface area contributed by atoms with Gasteiger partial charge in [-0.2, -0.15) is 0 Å². The lowest BCUT2D eigenvalue weighted by molar-refractivity contribution is 0.185. The fourth-order valence-electron chi connectivity index (χ4n) is 0.160. The standard InChI is InChI=1S/C2H7N2O3P/c3-1-2-4-7-8(5)6/h4H,1-3H2/p+1. The SMILES string of the molecule is NCCNO[P+](=O)O. The minimum atomic E-state index is -2.53. The average molecular weight is 139 g/mol. The second kappa shape index (κ2) is 5.08. The lowest BCUT2D eigenvalue weighted by Gasteiger charge is -1.86. The number of rotatable bonds is 4. The molecule has 1 atom stereocenters. The molecular formula is C2H8N2O3P+. The summed E-state index contributed by atoms with van der Waals surface area (Å²) in [5.74, 6) is 0. The number of hydroxylamine groups is 1. The third kappa shape index (κ3) is 5.94. The Morgan fingerprint density at radius 2 is 2.50 bits per heavy atom. The molecule has 0 saturated heterocycles. The maximum atomic E-state index is 9.70. The van der Waals surface area contributed by atoms with Crippen LogP contribution in [0.15, 0.2) is 0 Å². The quantitative estimate of drug-likeness (QED) is 0.267. The predicted octanol–water partition coefficient (Wildman–Crippen LogP) is -0.884. The van der Waals surface area contributed by atoms with Gasteiger partial charge in [0.1, 0.15) is 0 Å². The molecule has 0 radical (unpaired) electrons. The maximum Gasteiger partial charge on any atom is 0.713 e. The van der Waals surface area contributed by atoms with E-state index < -0.39 is 8.25 Å². The Bertz CT molecular complexity index is 77.7. The number of nitrogens with two attached hydrogens (primary N) is 1. The van der Waals surface area contributed by atoms with E-state index in [9.17, 15) is 4.57 Å². The minimum Gasteiger partial charge on any atom is -0.329 e. The van der Waals surface area contributed by atoms with Crippen molar-refractivity contribution in [1.82, 2.24) is 5.48 Å². The fourth-order valence-corrected chi connectivity index (χ4v) is 0.362. The molecule has 0 fully saturated rings. The maximum absolute atomic E-state index is 9.70. The van der Waals surface area contributed by atoms with Crippen LogP contribution in [0.1, 0.15) is 0 Å². The number of nitrogens with one attached hydrogen (secondary N) is 1. The van der Waals surface area contributed by atoms with Gasteiger partial charge in [0.15, 0.2) is 0 Å². The van der Waals surface area contributed by atoms with Gasteiger partial charge in [-0.3, -0.25) is 0 Å². The molecule has 4 N–H and O–H groups in total. The second-order valence-corrected chi connectivity index (χ2v) is 1.67. The van der Waals surface area contributed by atoms with Crippen molar-refractivity contribution in [2.45, 2.75) is 0 Å². The van der Waals surface area contributed by atoms with Crippen molar-refractivity contribution in [1.29, 1.82) is 0 Å². The van der Waals surface area contributed by atoms with Crippen LogP contribution in [0.25, 0.3) is 0 Å². The van der Waals surface area contributed by atoms with Gasteiger partial charge in [0.25, 0.3) is 0 Å². The van der Waals surface area contributed by atoms with E-state index in [2.05, 4.69) is 10.1 Å². The van der Waals surface area contributed by atoms with Crippen LogP contribution in [-0.2, 0) is 9.19 Å². The van der Waals surface area contributed by atoms with Crippen molar-refractivity contribution in [3.8, 4) is 0 Å². The van der Waals surface area contributed by atoms with Crippen LogP contribution in [0.2, 0.25) is 0 Å². The third-order valence-corrected chi connectivity index (χ3v) is 0.674. The number of hydrogen-bond acceptors (Lipinski definition) is 4. The first-order chi connectivity index (χ1) is 3.77. The van der Waals surface area contributed by atoms with Gasteiger partial charge in [-0.25, -0.2) is 0 Å². The molecular weight excluding hydrogens is 131 g/mol. The van der Waals surface area contributed by atoms with Gasteiger partial charge in [0.2, 0.25) is 0 Å². The van der Waals surface area contributed by atoms with E-state index in [0.29, 0.717) is 13.1 Å². The van der Waals surface area contributed by atoms with E-state index in [1.54, 1.807) is 0 Å². The van der Waals surface area contributed by atoms with Crippen molar-refractivity contribution in [2.75, 3.05) is 13.1 Å². The predicted molar refractivity (Wildman–Crippen MR) is 28.0 cm³/mol. The average Bonchev–Trinajstić information content (AvgIpc) is 1.66. The summed E-state index contributed by atoms with van der Waals surface area (Å²) < 4.78 is 13.7. The van der Waals surface area contributed by atoms with Crippen LogP contribution in [-0.4, -0.2) is 18.0 Å². The van der Waals surface area contributed by atoms with Crippen molar-refractivity contribution < 1.29 is 14.1 Å². The van der Waals surface area contributed by atoms with Crippen LogP contribution in [0, 0.1) is 0 Å². The molecule has 0 aromatic carbocycles. The van der Waals surface area contributed by atoms with E-state index in [4.69, 9.17) is 10.6 Å². The van der Waals surface area contributed by atoms with Crippen LogP contribution < -0.4 is 11.2 Å². The summed E-state index contributed by atoms with van der Waals surface area (Å²) in [6, 6.07) is 0. The molecule has 0 aromatic heterocycles. The fraction of sp³-hybridized carbons (Fsp3) is 1.00. The van der Waals surface area contributed by atoms with Crippen molar-refractivity contribution in [3.05, 3.63) is 0 Å². The van der Waals surface area contributed by atoms with Crippen LogP contribution >= 0.6 is 8.25 Å². The summed E-state index contributed by atoms with van der Waals surface area (Å²) in [6.45, 7) is 0.755. The summed E-state index contributed by atoms with van der Waals surface area (Å²) >= 11 is 0. The Balaban J connectivity index is 2.82. The lowest BCUT2D eigenvalue weighted by Crippen LogP contribution is -2.20. The molecule has 0 rings (SSSR count). The molecule has 48 valence electrons. The third-order valence-electron chi connectivity index (χ3n) is 0.389. The second-order valence-electron chi connectivity index (χ2n) is 1.01. The van der Waals surface area contributed by atoms with Gasteiger partial charge in [0.05, 0.1) is 0 Å². The Morgan fingerprint density at radius 1 is 1.88 bits per heavy atom. The van der Waals surface area contributed by atoms with Gasteiger partial charge in [-0.05, 0) is 4.62 Å². The molecule has 0 spiro atoms. The molecule has 5 nitrogen and oxygen atoms in total. The van der Waals surface area contributed by atoms with Crippen molar-refractivity contribution in [2.24, 2.45) is 5.73 Å². The summed E-state index contributed by atoms with van der Waals surface area (Å²) in [5, 5.41) is 0. The molecule has 8 heavy (non-hydrogen) atoms. The molecule has 6 heteroatoms. The van der Waals surface area contributed by atoms with Crippen LogP contribution in [0.5, 0.6) is 0 Å². The summed E-state index contributed by atoms with van der Waals surface area (Å²) in [6.07, 6.45) is 0. The molecule has 0 bridgehead atoms. The smallest absolute Gasteiger partial charge is 0.329 e. The van der Waals surface area contributed by atoms with Gasteiger partial charge < -0.3 is 5.73 Å². The Labute approximate surface area is 47.7 Å². The first-order valence-electron chi connectivity index (χ1n) is 2.03. The highest BCUT2D eigenvalue weighted by molar-refractivity contribution is 7.32. The highest BCUT2D eigenvalue weighted by Gasteiger charge is 2.09. The van der Waals surface area contributed by atoms with Crippen molar-refractivity contribution >= 4 is 8.25 Å².